The van der Waals surface area contributed by atoms with E-state index in [4.69, 9.17) is 9.72 Å². The van der Waals surface area contributed by atoms with Gasteiger partial charge in [-0.1, -0.05) is 24.3 Å². The number of pyridine rings is 2. The van der Waals surface area contributed by atoms with E-state index >= 15 is 0 Å². The number of ether oxygens (including phenoxy) is 1. The Morgan fingerprint density at radius 3 is 2.89 bits per heavy atom. The molecular formula is C23H25N3O. The molecule has 1 saturated heterocycles. The van der Waals surface area contributed by atoms with Crippen molar-refractivity contribution in [1.82, 2.24) is 14.9 Å². The summed E-state index contributed by atoms with van der Waals surface area (Å²) in [6.45, 7) is 3.14. The average Bonchev–Trinajstić information content (AvgIpc) is 2.75. The maximum atomic E-state index is 5.35. The van der Waals surface area contributed by atoms with Crippen molar-refractivity contribution in [3.8, 4) is 17.0 Å². The smallest absolute Gasteiger partial charge is 0.119 e. The second-order valence-electron chi connectivity index (χ2n) is 7.12. The first kappa shape index (κ1) is 17.7. The molecule has 0 bridgehead atoms. The second kappa shape index (κ2) is 8.31. The molecule has 1 aliphatic heterocycles. The van der Waals surface area contributed by atoms with Crippen LogP contribution in [0.25, 0.3) is 11.3 Å². The minimum absolute atomic E-state index is 0.473. The van der Waals surface area contributed by atoms with Gasteiger partial charge in [-0.05, 0) is 55.3 Å². The van der Waals surface area contributed by atoms with Crippen molar-refractivity contribution < 1.29 is 4.74 Å². The van der Waals surface area contributed by atoms with Gasteiger partial charge in [0.2, 0.25) is 0 Å². The third kappa shape index (κ3) is 4.34. The molecule has 2 aromatic heterocycles. The molecular weight excluding hydrogens is 334 g/mol. The van der Waals surface area contributed by atoms with Crippen molar-refractivity contribution in [2.24, 2.45) is 0 Å². The van der Waals surface area contributed by atoms with Crippen molar-refractivity contribution in [3.63, 3.8) is 0 Å². The summed E-state index contributed by atoms with van der Waals surface area (Å²) in [5, 5.41) is 0. The zero-order valence-corrected chi connectivity index (χ0v) is 15.7. The van der Waals surface area contributed by atoms with E-state index in [0.29, 0.717) is 5.92 Å². The van der Waals surface area contributed by atoms with Crippen molar-refractivity contribution in [2.75, 3.05) is 20.2 Å². The van der Waals surface area contributed by atoms with E-state index in [1.54, 1.807) is 7.11 Å². The number of rotatable bonds is 5. The summed E-state index contributed by atoms with van der Waals surface area (Å²) in [5.74, 6) is 1.33. The van der Waals surface area contributed by atoms with Crippen LogP contribution in [0.3, 0.4) is 0 Å². The molecule has 1 aromatic carbocycles. The molecule has 3 heterocycles. The monoisotopic (exact) mass is 359 g/mol. The molecule has 1 aliphatic rings. The predicted molar refractivity (Wildman–Crippen MR) is 108 cm³/mol. The van der Waals surface area contributed by atoms with Crippen LogP contribution in [-0.2, 0) is 6.54 Å². The molecule has 0 N–H and O–H groups in total. The van der Waals surface area contributed by atoms with E-state index in [0.717, 1.165) is 36.6 Å². The summed E-state index contributed by atoms with van der Waals surface area (Å²) in [6.07, 6.45) is 6.19. The maximum absolute atomic E-state index is 5.35. The maximum Gasteiger partial charge on any atom is 0.119 e. The average molecular weight is 359 g/mol. The van der Waals surface area contributed by atoms with Crippen LogP contribution in [-0.4, -0.2) is 35.1 Å². The Labute approximate surface area is 160 Å². The highest BCUT2D eigenvalue weighted by Gasteiger charge is 2.22. The fraction of sp³-hybridized carbons (Fsp3) is 0.304. The summed E-state index contributed by atoms with van der Waals surface area (Å²) < 4.78 is 5.35. The number of piperidine rings is 1. The van der Waals surface area contributed by atoms with Crippen molar-refractivity contribution in [3.05, 3.63) is 78.2 Å². The zero-order valence-electron chi connectivity index (χ0n) is 15.7. The number of hydrogen-bond acceptors (Lipinski definition) is 4. The minimum atomic E-state index is 0.473. The van der Waals surface area contributed by atoms with E-state index in [-0.39, 0.29) is 0 Å². The largest absolute Gasteiger partial charge is 0.497 e. The molecule has 0 radical (unpaired) electrons. The summed E-state index contributed by atoms with van der Waals surface area (Å²) in [5.41, 5.74) is 4.57. The zero-order chi connectivity index (χ0) is 18.5. The van der Waals surface area contributed by atoms with Crippen LogP contribution in [0.1, 0.15) is 30.0 Å². The van der Waals surface area contributed by atoms with Gasteiger partial charge in [0, 0.05) is 42.7 Å². The Morgan fingerprint density at radius 1 is 1.11 bits per heavy atom. The Hall–Kier alpha value is -2.72. The number of hydrogen-bond donors (Lipinski definition) is 0. The lowest BCUT2D eigenvalue weighted by Gasteiger charge is -2.32. The van der Waals surface area contributed by atoms with E-state index in [1.165, 1.54) is 24.1 Å². The third-order valence-electron chi connectivity index (χ3n) is 5.19. The molecule has 0 amide bonds. The standard InChI is InChI=1S/C23H25N3O/c1-27-21-9-2-7-19(14-21)22-10-3-11-23(25-22)20-8-5-13-26(17-20)16-18-6-4-12-24-15-18/h2-4,6-7,9-12,14-15,20H,5,8,13,16-17H2,1H3. The van der Waals surface area contributed by atoms with Crippen LogP contribution in [0.2, 0.25) is 0 Å². The van der Waals surface area contributed by atoms with Gasteiger partial charge in [0.05, 0.1) is 12.8 Å². The highest BCUT2D eigenvalue weighted by Crippen LogP contribution is 2.29. The van der Waals surface area contributed by atoms with Gasteiger partial charge in [-0.25, -0.2) is 0 Å². The molecule has 0 saturated carbocycles. The first-order chi connectivity index (χ1) is 13.3. The number of nitrogens with zero attached hydrogens (tertiary/aromatic N) is 3. The van der Waals surface area contributed by atoms with Gasteiger partial charge in [-0.3, -0.25) is 14.9 Å². The normalized spacial score (nSPS) is 17.6. The predicted octanol–water partition coefficient (Wildman–Crippen LogP) is 4.53. The van der Waals surface area contributed by atoms with E-state index < -0.39 is 0 Å². The fourth-order valence-corrected chi connectivity index (χ4v) is 3.81. The molecule has 4 rings (SSSR count). The van der Waals surface area contributed by atoms with Crippen LogP contribution in [0.4, 0.5) is 0 Å². The van der Waals surface area contributed by atoms with Crippen LogP contribution >= 0.6 is 0 Å². The Kier molecular flexibility index (Phi) is 5.45. The van der Waals surface area contributed by atoms with E-state index in [2.05, 4.69) is 40.2 Å². The molecule has 4 nitrogen and oxygen atoms in total. The van der Waals surface area contributed by atoms with Crippen LogP contribution < -0.4 is 4.74 Å². The summed E-state index contributed by atoms with van der Waals surface area (Å²) in [6, 6.07) is 18.6. The highest BCUT2D eigenvalue weighted by atomic mass is 16.5. The Balaban J connectivity index is 1.51. The van der Waals surface area contributed by atoms with Crippen LogP contribution in [0.15, 0.2) is 67.0 Å². The van der Waals surface area contributed by atoms with Gasteiger partial charge in [0.25, 0.3) is 0 Å². The van der Waals surface area contributed by atoms with Gasteiger partial charge in [-0.2, -0.15) is 0 Å². The second-order valence-corrected chi connectivity index (χ2v) is 7.12. The molecule has 138 valence electrons. The Bertz CT molecular complexity index is 882. The van der Waals surface area contributed by atoms with Crippen LogP contribution in [0.5, 0.6) is 5.75 Å². The summed E-state index contributed by atoms with van der Waals surface area (Å²) in [4.78, 5) is 11.7. The molecule has 1 atom stereocenters. The highest BCUT2D eigenvalue weighted by molar-refractivity contribution is 5.61. The minimum Gasteiger partial charge on any atom is -0.497 e. The van der Waals surface area contributed by atoms with E-state index in [9.17, 15) is 0 Å². The first-order valence-electron chi connectivity index (χ1n) is 9.54. The Morgan fingerprint density at radius 2 is 2.04 bits per heavy atom. The number of benzene rings is 1. The molecule has 4 heteroatoms. The first-order valence-corrected chi connectivity index (χ1v) is 9.54. The van der Waals surface area contributed by atoms with Gasteiger partial charge in [0.15, 0.2) is 0 Å². The topological polar surface area (TPSA) is 38.2 Å². The number of likely N-dealkylation sites (tertiary alicyclic amines) is 1. The quantitative estimate of drug-likeness (QED) is 0.671. The summed E-state index contributed by atoms with van der Waals surface area (Å²) >= 11 is 0. The SMILES string of the molecule is COc1cccc(-c2cccc(C3CCCN(Cc4cccnc4)C3)n2)c1. The third-order valence-corrected chi connectivity index (χ3v) is 5.19. The van der Waals surface area contributed by atoms with Crippen molar-refractivity contribution in [2.45, 2.75) is 25.3 Å². The number of aromatic nitrogens is 2. The molecule has 0 aliphatic carbocycles. The molecule has 3 aromatic rings. The van der Waals surface area contributed by atoms with Crippen LogP contribution in [0, 0.1) is 0 Å². The van der Waals surface area contributed by atoms with Gasteiger partial charge < -0.3 is 4.74 Å². The van der Waals surface area contributed by atoms with Gasteiger partial charge in [0.1, 0.15) is 5.75 Å². The van der Waals surface area contributed by atoms with Gasteiger partial charge in [-0.15, -0.1) is 0 Å². The lowest BCUT2D eigenvalue weighted by molar-refractivity contribution is 0.198. The summed E-state index contributed by atoms with van der Waals surface area (Å²) in [7, 11) is 1.70. The van der Waals surface area contributed by atoms with Gasteiger partial charge >= 0.3 is 0 Å². The molecule has 1 fully saturated rings. The molecule has 1 unspecified atom stereocenters. The fourth-order valence-electron chi connectivity index (χ4n) is 3.81. The molecule has 0 spiro atoms. The van der Waals surface area contributed by atoms with Crippen molar-refractivity contribution in [1.29, 1.82) is 0 Å². The lowest BCUT2D eigenvalue weighted by Crippen LogP contribution is -2.34. The van der Waals surface area contributed by atoms with Crippen molar-refractivity contribution >= 4 is 0 Å². The lowest BCUT2D eigenvalue weighted by atomic mass is 9.93. The number of methoxy groups -OCH3 is 1. The van der Waals surface area contributed by atoms with E-state index in [1.807, 2.05) is 36.7 Å². The molecule has 27 heavy (non-hydrogen) atoms.